The number of hydrogen-bond acceptors (Lipinski definition) is 4. The van der Waals surface area contributed by atoms with E-state index in [4.69, 9.17) is 16.3 Å². The van der Waals surface area contributed by atoms with Crippen molar-refractivity contribution in [3.8, 4) is 0 Å². The number of carbonyl (C=O) groups excluding carboxylic acids is 3. The molecule has 0 aliphatic heterocycles. The third kappa shape index (κ3) is 4.29. The van der Waals surface area contributed by atoms with Crippen LogP contribution < -0.4 is 5.32 Å². The number of carbonyl (C=O) groups is 3. The molecular formula is C20H18ClNO4. The lowest BCUT2D eigenvalue weighted by Gasteiger charge is -2.11. The molecule has 2 atom stereocenters. The van der Waals surface area contributed by atoms with Crippen molar-refractivity contribution in [2.45, 2.75) is 13.3 Å². The fraction of sp³-hybridized carbons (Fsp3) is 0.250. The largest absolute Gasteiger partial charge is 0.455 e. The van der Waals surface area contributed by atoms with Gasteiger partial charge in [0, 0.05) is 16.1 Å². The van der Waals surface area contributed by atoms with Crippen LogP contribution >= 0.6 is 11.6 Å². The van der Waals surface area contributed by atoms with Gasteiger partial charge in [0.1, 0.15) is 0 Å². The van der Waals surface area contributed by atoms with Crippen LogP contribution in [0.15, 0.2) is 48.5 Å². The number of halogens is 1. The molecule has 1 aliphatic rings. The molecule has 1 aliphatic carbocycles. The number of hydrogen-bond donors (Lipinski definition) is 1. The second-order valence-electron chi connectivity index (χ2n) is 6.36. The van der Waals surface area contributed by atoms with Crippen molar-refractivity contribution in [3.05, 3.63) is 64.7 Å². The van der Waals surface area contributed by atoms with Crippen molar-refractivity contribution in [2.24, 2.45) is 11.8 Å². The van der Waals surface area contributed by atoms with Gasteiger partial charge in [0.05, 0.1) is 11.6 Å². The molecule has 3 rings (SSSR count). The average Bonchev–Trinajstić information content (AvgIpc) is 3.38. The lowest BCUT2D eigenvalue weighted by Crippen LogP contribution is -2.23. The maximum Gasteiger partial charge on any atom is 0.309 e. The molecule has 0 unspecified atom stereocenters. The van der Waals surface area contributed by atoms with Gasteiger partial charge in [-0.15, -0.1) is 0 Å². The van der Waals surface area contributed by atoms with Crippen molar-refractivity contribution >= 4 is 34.9 Å². The first-order chi connectivity index (χ1) is 12.5. The van der Waals surface area contributed by atoms with E-state index >= 15 is 0 Å². The van der Waals surface area contributed by atoms with Crippen LogP contribution in [0.4, 0.5) is 5.69 Å². The van der Waals surface area contributed by atoms with E-state index in [1.807, 2.05) is 13.0 Å². The standard InChI is InChI=1S/C20H18ClNO4/c1-12-9-15(12)20(25)26-11-18(23)22-17-8-7-14(21)10-16(17)19(24)13-5-3-2-4-6-13/h2-8,10,12,15H,9,11H2,1H3,(H,22,23)/t12-,15-/m0/s1. The minimum atomic E-state index is -0.504. The highest BCUT2D eigenvalue weighted by atomic mass is 35.5. The van der Waals surface area contributed by atoms with E-state index in [-0.39, 0.29) is 29.8 Å². The smallest absolute Gasteiger partial charge is 0.309 e. The van der Waals surface area contributed by atoms with Crippen LogP contribution in [0.1, 0.15) is 29.3 Å². The molecule has 6 heteroatoms. The van der Waals surface area contributed by atoms with Crippen LogP contribution in [-0.2, 0) is 14.3 Å². The van der Waals surface area contributed by atoms with E-state index in [9.17, 15) is 14.4 Å². The number of benzene rings is 2. The van der Waals surface area contributed by atoms with Crippen molar-refractivity contribution in [1.29, 1.82) is 0 Å². The molecule has 0 saturated heterocycles. The molecule has 0 bridgehead atoms. The van der Waals surface area contributed by atoms with Gasteiger partial charge in [0.15, 0.2) is 12.4 Å². The molecule has 0 aromatic heterocycles. The average molecular weight is 372 g/mol. The molecule has 5 nitrogen and oxygen atoms in total. The van der Waals surface area contributed by atoms with Gasteiger partial charge in [-0.2, -0.15) is 0 Å². The highest BCUT2D eigenvalue weighted by molar-refractivity contribution is 6.31. The molecule has 1 fully saturated rings. The third-order valence-electron chi connectivity index (χ3n) is 4.29. The fourth-order valence-corrected chi connectivity index (χ4v) is 2.81. The first kappa shape index (κ1) is 18.1. The second-order valence-corrected chi connectivity index (χ2v) is 6.80. The van der Waals surface area contributed by atoms with Crippen molar-refractivity contribution in [3.63, 3.8) is 0 Å². The topological polar surface area (TPSA) is 72.5 Å². The van der Waals surface area contributed by atoms with E-state index in [1.165, 1.54) is 6.07 Å². The third-order valence-corrected chi connectivity index (χ3v) is 4.53. The summed E-state index contributed by atoms with van der Waals surface area (Å²) in [5, 5.41) is 3.00. The SMILES string of the molecule is C[C@H]1C[C@@H]1C(=O)OCC(=O)Nc1ccc(Cl)cc1C(=O)c1ccccc1. The van der Waals surface area contributed by atoms with E-state index in [2.05, 4.69) is 5.32 Å². The van der Waals surface area contributed by atoms with Crippen LogP contribution in [0.5, 0.6) is 0 Å². The summed E-state index contributed by atoms with van der Waals surface area (Å²) in [6.07, 6.45) is 0.799. The normalized spacial score (nSPS) is 18.1. The Kier molecular flexibility index (Phi) is 5.38. The number of ether oxygens (including phenoxy) is 1. The quantitative estimate of drug-likeness (QED) is 0.620. The first-order valence-electron chi connectivity index (χ1n) is 8.31. The molecular weight excluding hydrogens is 354 g/mol. The number of ketones is 1. The molecule has 1 N–H and O–H groups in total. The minimum Gasteiger partial charge on any atom is -0.455 e. The Hall–Kier alpha value is -2.66. The Morgan fingerprint density at radius 3 is 2.50 bits per heavy atom. The zero-order chi connectivity index (χ0) is 18.7. The predicted octanol–water partition coefficient (Wildman–Crippen LogP) is 3.71. The molecule has 26 heavy (non-hydrogen) atoms. The van der Waals surface area contributed by atoms with Crippen LogP contribution in [0.25, 0.3) is 0 Å². The minimum absolute atomic E-state index is 0.103. The van der Waals surface area contributed by atoms with Crippen molar-refractivity contribution in [1.82, 2.24) is 0 Å². The molecule has 2 aromatic rings. The highest BCUT2D eigenvalue weighted by Gasteiger charge is 2.40. The summed E-state index contributed by atoms with van der Waals surface area (Å²) in [6, 6.07) is 13.3. The molecule has 0 radical (unpaired) electrons. The summed E-state index contributed by atoms with van der Waals surface area (Å²) in [6.45, 7) is 1.57. The first-order valence-corrected chi connectivity index (χ1v) is 8.69. The Morgan fingerprint density at radius 2 is 1.85 bits per heavy atom. The van der Waals surface area contributed by atoms with Gasteiger partial charge >= 0.3 is 5.97 Å². The van der Waals surface area contributed by atoms with Gasteiger partial charge in [-0.1, -0.05) is 48.9 Å². The molecule has 134 valence electrons. The van der Waals surface area contributed by atoms with Gasteiger partial charge in [0.2, 0.25) is 0 Å². The summed E-state index contributed by atoms with van der Waals surface area (Å²) >= 11 is 6.01. The van der Waals surface area contributed by atoms with Crippen molar-refractivity contribution in [2.75, 3.05) is 11.9 Å². The lowest BCUT2D eigenvalue weighted by atomic mass is 10.0. The molecule has 2 aromatic carbocycles. The van der Waals surface area contributed by atoms with E-state index in [1.54, 1.807) is 36.4 Å². The monoisotopic (exact) mass is 371 g/mol. The van der Waals surface area contributed by atoms with Gasteiger partial charge in [-0.05, 0) is 30.5 Å². The number of esters is 1. The van der Waals surface area contributed by atoms with Crippen LogP contribution in [0, 0.1) is 11.8 Å². The molecule has 0 heterocycles. The second kappa shape index (κ2) is 7.70. The zero-order valence-electron chi connectivity index (χ0n) is 14.2. The van der Waals surface area contributed by atoms with Gasteiger partial charge in [-0.25, -0.2) is 0 Å². The summed E-state index contributed by atoms with van der Waals surface area (Å²) in [5.74, 6) is -0.905. The Bertz CT molecular complexity index is 850. The summed E-state index contributed by atoms with van der Waals surface area (Å²) < 4.78 is 5.02. The summed E-state index contributed by atoms with van der Waals surface area (Å²) in [4.78, 5) is 36.5. The summed E-state index contributed by atoms with van der Waals surface area (Å²) in [7, 11) is 0. The maximum atomic E-state index is 12.7. The molecule has 1 amide bonds. The molecule has 1 saturated carbocycles. The van der Waals surface area contributed by atoms with Gasteiger partial charge in [-0.3, -0.25) is 14.4 Å². The van der Waals surface area contributed by atoms with Crippen molar-refractivity contribution < 1.29 is 19.1 Å². The number of rotatable bonds is 6. The summed E-state index contributed by atoms with van der Waals surface area (Å²) in [5.41, 5.74) is 1.09. The predicted molar refractivity (Wildman–Crippen MR) is 98.2 cm³/mol. The highest BCUT2D eigenvalue weighted by Crippen LogP contribution is 2.38. The van der Waals surface area contributed by atoms with Gasteiger partial charge < -0.3 is 10.1 Å². The van der Waals surface area contributed by atoms with Gasteiger partial charge in [0.25, 0.3) is 5.91 Å². The van der Waals surface area contributed by atoms with E-state index in [0.717, 1.165) is 6.42 Å². The Labute approximate surface area is 156 Å². The number of amides is 1. The Morgan fingerprint density at radius 1 is 1.15 bits per heavy atom. The van der Waals surface area contributed by atoms with Crippen LogP contribution in [-0.4, -0.2) is 24.3 Å². The maximum absolute atomic E-state index is 12.7. The molecule has 0 spiro atoms. The number of anilines is 1. The van der Waals surface area contributed by atoms with E-state index < -0.39 is 5.91 Å². The number of nitrogens with one attached hydrogen (secondary N) is 1. The Balaban J connectivity index is 1.70. The zero-order valence-corrected chi connectivity index (χ0v) is 15.0. The fourth-order valence-electron chi connectivity index (χ4n) is 2.64. The van der Waals surface area contributed by atoms with Crippen LogP contribution in [0.2, 0.25) is 5.02 Å². The van der Waals surface area contributed by atoms with E-state index in [0.29, 0.717) is 22.2 Å². The lowest BCUT2D eigenvalue weighted by molar-refractivity contribution is -0.148. The van der Waals surface area contributed by atoms with Crippen LogP contribution in [0.3, 0.4) is 0 Å².